The van der Waals surface area contributed by atoms with E-state index in [0.29, 0.717) is 11.7 Å². The predicted molar refractivity (Wildman–Crippen MR) is 78.2 cm³/mol. The fraction of sp³-hybridized carbons (Fsp3) is 0.308. The molecule has 1 aromatic heterocycles. The number of aromatic amines is 1. The second kappa shape index (κ2) is 6.06. The van der Waals surface area contributed by atoms with Crippen molar-refractivity contribution in [2.75, 3.05) is 6.54 Å². The van der Waals surface area contributed by atoms with Crippen molar-refractivity contribution >= 4 is 11.8 Å². The molecule has 2 aromatic rings. The Kier molecular flexibility index (Phi) is 4.41. The molecule has 0 unspecified atom stereocenters. The minimum atomic E-state index is -0.775. The molecule has 0 aliphatic carbocycles. The van der Waals surface area contributed by atoms with Crippen LogP contribution in [0, 0.1) is 6.92 Å². The molecule has 20 heavy (non-hydrogen) atoms. The first-order chi connectivity index (χ1) is 9.51. The standard InChI is InChI=1S/C13H16N4O2S/c1-8-7-9(5-6-14)3-4-10(8)20-13-15-11(18)12(19)16-17(13)2/h3-4,7H,5-6,14H2,1-2H3,(H,16,19). The minimum absolute atomic E-state index is 0.448. The number of hydrogen-bond acceptors (Lipinski definition) is 5. The highest BCUT2D eigenvalue weighted by Gasteiger charge is 2.08. The highest BCUT2D eigenvalue weighted by Crippen LogP contribution is 2.28. The fourth-order valence-corrected chi connectivity index (χ4v) is 2.66. The van der Waals surface area contributed by atoms with Gasteiger partial charge in [0.1, 0.15) is 0 Å². The first-order valence-electron chi connectivity index (χ1n) is 6.16. The number of rotatable bonds is 4. The zero-order valence-electron chi connectivity index (χ0n) is 11.3. The topological polar surface area (TPSA) is 93.8 Å². The summed E-state index contributed by atoms with van der Waals surface area (Å²) in [6, 6.07) is 6.05. The summed E-state index contributed by atoms with van der Waals surface area (Å²) in [7, 11) is 1.65. The molecule has 0 saturated heterocycles. The van der Waals surface area contributed by atoms with E-state index >= 15 is 0 Å². The summed E-state index contributed by atoms with van der Waals surface area (Å²) in [6.07, 6.45) is 0.835. The molecule has 0 aliphatic rings. The number of aromatic nitrogens is 3. The third kappa shape index (κ3) is 3.17. The molecule has 0 aliphatic heterocycles. The van der Waals surface area contributed by atoms with Crippen LogP contribution in [0.25, 0.3) is 0 Å². The molecule has 1 heterocycles. The van der Waals surface area contributed by atoms with Crippen molar-refractivity contribution in [3.05, 3.63) is 50.0 Å². The van der Waals surface area contributed by atoms with Crippen molar-refractivity contribution in [1.82, 2.24) is 14.8 Å². The van der Waals surface area contributed by atoms with Crippen LogP contribution < -0.4 is 16.9 Å². The van der Waals surface area contributed by atoms with Gasteiger partial charge in [0.15, 0.2) is 5.16 Å². The molecule has 0 atom stereocenters. The van der Waals surface area contributed by atoms with Gasteiger partial charge in [0.2, 0.25) is 0 Å². The van der Waals surface area contributed by atoms with Crippen LogP contribution in [-0.4, -0.2) is 21.3 Å². The quantitative estimate of drug-likeness (QED) is 0.797. The highest BCUT2D eigenvalue weighted by molar-refractivity contribution is 7.99. The molecule has 7 heteroatoms. The SMILES string of the molecule is Cc1cc(CCN)ccc1Sc1nc(=O)c(=O)[nH]n1C. The Morgan fingerprint density at radius 2 is 2.15 bits per heavy atom. The van der Waals surface area contributed by atoms with E-state index in [1.165, 1.54) is 22.0 Å². The van der Waals surface area contributed by atoms with E-state index < -0.39 is 11.1 Å². The van der Waals surface area contributed by atoms with Gasteiger partial charge in [-0.3, -0.25) is 19.4 Å². The van der Waals surface area contributed by atoms with Gasteiger partial charge >= 0.3 is 11.1 Å². The summed E-state index contributed by atoms with van der Waals surface area (Å²) in [5.74, 6) is 0. The number of nitrogens with one attached hydrogen (secondary N) is 1. The van der Waals surface area contributed by atoms with Gasteiger partial charge in [-0.25, -0.2) is 0 Å². The van der Waals surface area contributed by atoms with Gasteiger partial charge in [-0.2, -0.15) is 4.98 Å². The van der Waals surface area contributed by atoms with Gasteiger partial charge in [-0.1, -0.05) is 12.1 Å². The lowest BCUT2D eigenvalue weighted by molar-refractivity contribution is 0.596. The molecular weight excluding hydrogens is 276 g/mol. The maximum atomic E-state index is 11.3. The number of hydrogen-bond donors (Lipinski definition) is 2. The zero-order chi connectivity index (χ0) is 14.7. The second-order valence-corrected chi connectivity index (χ2v) is 5.45. The first kappa shape index (κ1) is 14.5. The fourth-order valence-electron chi connectivity index (χ4n) is 1.80. The van der Waals surface area contributed by atoms with Crippen molar-refractivity contribution in [2.45, 2.75) is 23.4 Å². The van der Waals surface area contributed by atoms with Crippen LogP contribution in [0.15, 0.2) is 37.8 Å². The van der Waals surface area contributed by atoms with E-state index in [-0.39, 0.29) is 0 Å². The molecular formula is C13H16N4O2S. The normalized spacial score (nSPS) is 10.8. The lowest BCUT2D eigenvalue weighted by Crippen LogP contribution is -2.33. The van der Waals surface area contributed by atoms with E-state index in [4.69, 9.17) is 5.73 Å². The van der Waals surface area contributed by atoms with Crippen molar-refractivity contribution < 1.29 is 0 Å². The van der Waals surface area contributed by atoms with Crippen LogP contribution in [0.3, 0.4) is 0 Å². The van der Waals surface area contributed by atoms with E-state index in [1.807, 2.05) is 19.1 Å². The van der Waals surface area contributed by atoms with Gasteiger partial charge in [-0.15, -0.1) is 0 Å². The maximum absolute atomic E-state index is 11.3. The minimum Gasteiger partial charge on any atom is -0.330 e. The van der Waals surface area contributed by atoms with E-state index in [9.17, 15) is 9.59 Å². The van der Waals surface area contributed by atoms with Crippen LogP contribution in [0.4, 0.5) is 0 Å². The predicted octanol–water partition coefficient (Wildman–Crippen LogP) is 0.429. The second-order valence-electron chi connectivity index (χ2n) is 4.44. The van der Waals surface area contributed by atoms with Gasteiger partial charge in [0, 0.05) is 11.9 Å². The summed E-state index contributed by atoms with van der Waals surface area (Å²) >= 11 is 1.34. The van der Waals surface area contributed by atoms with Crippen LogP contribution >= 0.6 is 11.8 Å². The van der Waals surface area contributed by atoms with Gasteiger partial charge in [0.25, 0.3) is 0 Å². The van der Waals surface area contributed by atoms with Crippen molar-refractivity contribution in [2.24, 2.45) is 12.8 Å². The summed E-state index contributed by atoms with van der Waals surface area (Å²) in [4.78, 5) is 27.2. The Balaban J connectivity index is 2.33. The molecule has 0 saturated carbocycles. The molecule has 0 radical (unpaired) electrons. The third-order valence-corrected chi connectivity index (χ3v) is 4.05. The van der Waals surface area contributed by atoms with Crippen molar-refractivity contribution in [3.8, 4) is 0 Å². The Labute approximate surface area is 120 Å². The average Bonchev–Trinajstić information content (AvgIpc) is 2.39. The van der Waals surface area contributed by atoms with E-state index in [1.54, 1.807) is 7.05 Å². The third-order valence-electron chi connectivity index (χ3n) is 2.82. The summed E-state index contributed by atoms with van der Waals surface area (Å²) < 4.78 is 1.45. The Hall–Kier alpha value is -1.86. The van der Waals surface area contributed by atoms with Crippen LogP contribution in [-0.2, 0) is 13.5 Å². The molecule has 0 amide bonds. The molecule has 2 rings (SSSR count). The van der Waals surface area contributed by atoms with Gasteiger partial charge in [0.05, 0.1) is 0 Å². The lowest BCUT2D eigenvalue weighted by Gasteiger charge is -2.09. The van der Waals surface area contributed by atoms with Crippen LogP contribution in [0.2, 0.25) is 0 Å². The summed E-state index contributed by atoms with van der Waals surface area (Å²) in [5, 5.41) is 2.88. The zero-order valence-corrected chi connectivity index (χ0v) is 12.2. The smallest absolute Gasteiger partial charge is 0.330 e. The first-order valence-corrected chi connectivity index (χ1v) is 6.97. The molecule has 6 nitrogen and oxygen atoms in total. The molecule has 3 N–H and O–H groups in total. The average molecular weight is 292 g/mol. The summed E-state index contributed by atoms with van der Waals surface area (Å²) in [6.45, 7) is 2.61. The number of H-pyrrole nitrogens is 1. The van der Waals surface area contributed by atoms with Crippen molar-refractivity contribution in [3.63, 3.8) is 0 Å². The van der Waals surface area contributed by atoms with E-state index in [2.05, 4.69) is 16.1 Å². The van der Waals surface area contributed by atoms with Crippen LogP contribution in [0.1, 0.15) is 11.1 Å². The highest BCUT2D eigenvalue weighted by atomic mass is 32.2. The molecule has 106 valence electrons. The van der Waals surface area contributed by atoms with Gasteiger partial charge < -0.3 is 5.73 Å². The van der Waals surface area contributed by atoms with Crippen LogP contribution in [0.5, 0.6) is 0 Å². The van der Waals surface area contributed by atoms with E-state index in [0.717, 1.165) is 16.9 Å². The Morgan fingerprint density at radius 3 is 2.80 bits per heavy atom. The Morgan fingerprint density at radius 1 is 1.40 bits per heavy atom. The van der Waals surface area contributed by atoms with Gasteiger partial charge in [-0.05, 0) is 48.8 Å². The number of nitrogens with zero attached hydrogens (tertiary/aromatic N) is 2. The molecule has 1 aromatic carbocycles. The lowest BCUT2D eigenvalue weighted by atomic mass is 10.1. The molecule has 0 bridgehead atoms. The number of nitrogens with two attached hydrogens (primary N) is 1. The molecule has 0 spiro atoms. The number of aryl methyl sites for hydroxylation is 2. The largest absolute Gasteiger partial charge is 0.339 e. The van der Waals surface area contributed by atoms with Crippen molar-refractivity contribution in [1.29, 1.82) is 0 Å². The molecule has 0 fully saturated rings. The maximum Gasteiger partial charge on any atom is 0.339 e. The summed E-state index contributed by atoms with van der Waals surface area (Å²) in [5.41, 5.74) is 6.31. The monoisotopic (exact) mass is 292 g/mol. The Bertz CT molecular complexity index is 736. The number of benzene rings is 1.